The smallest absolute Gasteiger partial charge is 0.277 e. The fraction of sp³-hybridized carbons (Fsp3) is 0.222. The molecule has 1 aliphatic carbocycles. The zero-order valence-corrected chi connectivity index (χ0v) is 22.8. The lowest BCUT2D eigenvalue weighted by Gasteiger charge is -2.37. The Morgan fingerprint density at radius 3 is 2.33 bits per heavy atom. The second-order valence-corrected chi connectivity index (χ2v) is 10.3. The molecule has 2 atom stereocenters. The minimum absolute atomic E-state index is 0.236. The van der Waals surface area contributed by atoms with Crippen LogP contribution in [0.25, 0.3) is 16.7 Å². The zero-order chi connectivity index (χ0) is 32.9. The minimum atomic E-state index is -4.17. The van der Waals surface area contributed by atoms with Crippen molar-refractivity contribution in [3.8, 4) is 0 Å². The number of nitrogens with zero attached hydrogens (tertiary/aromatic N) is 4. The first-order chi connectivity index (χ1) is 21.0. The summed E-state index contributed by atoms with van der Waals surface area (Å²) in [5.41, 5.74) is 2.62. The number of imidazole rings is 1. The van der Waals surface area contributed by atoms with Gasteiger partial charge in [-0.25, -0.2) is 23.7 Å². The van der Waals surface area contributed by atoms with Crippen LogP contribution in [-0.2, 0) is 6.54 Å². The van der Waals surface area contributed by atoms with E-state index in [1.807, 2.05) is 0 Å². The molecule has 2 aromatic carbocycles. The number of benzene rings is 2. The number of H-pyrrole nitrogens is 1. The quantitative estimate of drug-likeness (QED) is 0.0625. The molecule has 1 aliphatic rings. The van der Waals surface area contributed by atoms with Crippen molar-refractivity contribution in [3.05, 3.63) is 89.3 Å². The van der Waals surface area contributed by atoms with Crippen LogP contribution in [0.4, 0.5) is 14.5 Å². The number of halogens is 2. The van der Waals surface area contributed by atoms with Crippen LogP contribution in [0, 0.1) is 11.6 Å². The molecule has 2 unspecified atom stereocenters. The van der Waals surface area contributed by atoms with E-state index in [0.29, 0.717) is 16.8 Å². The second kappa shape index (κ2) is 11.0. The molecule has 1 fully saturated rings. The number of hydrogen-bond donors (Lipinski definition) is 10. The summed E-state index contributed by atoms with van der Waals surface area (Å²) < 4.78 is 27.7. The van der Waals surface area contributed by atoms with Gasteiger partial charge in [0.1, 0.15) is 43.1 Å². The van der Waals surface area contributed by atoms with Crippen molar-refractivity contribution < 1.29 is 49.3 Å². The molecule has 4 aromatic rings. The Morgan fingerprint density at radius 2 is 1.71 bits per heavy atom. The molecule has 232 valence electrons. The Labute approximate surface area is 252 Å². The molecule has 0 bridgehead atoms. The fourth-order valence-corrected chi connectivity index (χ4v) is 4.87. The van der Waals surface area contributed by atoms with Crippen molar-refractivity contribution in [2.45, 2.75) is 35.3 Å². The molecule has 0 aliphatic heterocycles. The molecule has 1 saturated carbocycles. The van der Waals surface area contributed by atoms with Gasteiger partial charge in [0.25, 0.3) is 11.7 Å². The number of rotatable bonds is 7. The number of aromatic amines is 1. The number of hydrogen-bond acceptors (Lipinski definition) is 13. The third-order valence-electron chi connectivity index (χ3n) is 7.30. The number of aliphatic hydroxyl groups is 7. The fourth-order valence-electron chi connectivity index (χ4n) is 4.87. The van der Waals surface area contributed by atoms with E-state index in [-0.39, 0.29) is 29.0 Å². The number of nitrogens with one attached hydrogen (secondary N) is 2. The van der Waals surface area contributed by atoms with Gasteiger partial charge in [0.15, 0.2) is 11.3 Å². The standard InChI is InChI=1S/C27H24BF2N7O8/c28-24(39)20(25(40,41)27(44,45)26(24,42)43)22-36-18-19(34-11-35-21(18)37-22)23(38)33-9-12-5-13(7-16(30)6-12)14(8-31)10-32-17-3-1-15(29)2-4-17/h1-8,10-11,20,39-45H,9,31H2,(H,33,38)(H,34,35,36,37). The Balaban J connectivity index is 1.39. The topological polar surface area (TPSA) is 264 Å². The molecular formula is C27H24BF2N7O8. The van der Waals surface area contributed by atoms with E-state index in [1.54, 1.807) is 0 Å². The van der Waals surface area contributed by atoms with Crippen LogP contribution in [-0.4, -0.2) is 98.5 Å². The Morgan fingerprint density at radius 1 is 1.02 bits per heavy atom. The zero-order valence-electron chi connectivity index (χ0n) is 22.8. The molecule has 15 nitrogen and oxygen atoms in total. The van der Waals surface area contributed by atoms with E-state index in [9.17, 15) is 49.3 Å². The lowest BCUT2D eigenvalue weighted by atomic mass is 9.69. The maximum Gasteiger partial charge on any atom is 0.277 e. The first-order valence-electron chi connectivity index (χ1n) is 12.9. The van der Waals surface area contributed by atoms with Crippen LogP contribution >= 0.6 is 0 Å². The number of aliphatic imine (C=N–C) groups is 1. The van der Waals surface area contributed by atoms with Gasteiger partial charge in [0.2, 0.25) is 11.6 Å². The van der Waals surface area contributed by atoms with Crippen LogP contribution in [0.15, 0.2) is 60.0 Å². The largest absolute Gasteiger partial charge is 0.404 e. The summed E-state index contributed by atoms with van der Waals surface area (Å²) in [6, 6.07) is 9.18. The van der Waals surface area contributed by atoms with E-state index in [1.165, 1.54) is 48.8 Å². The second-order valence-electron chi connectivity index (χ2n) is 10.3. The van der Waals surface area contributed by atoms with Crippen LogP contribution in [0.5, 0.6) is 0 Å². The van der Waals surface area contributed by atoms with Crippen molar-refractivity contribution in [1.29, 1.82) is 0 Å². The van der Waals surface area contributed by atoms with E-state index < -0.39 is 52.1 Å². The highest BCUT2D eigenvalue weighted by molar-refractivity contribution is 6.16. The van der Waals surface area contributed by atoms with Crippen molar-refractivity contribution in [3.63, 3.8) is 0 Å². The number of nitrogens with two attached hydrogens (primary N) is 1. The van der Waals surface area contributed by atoms with Crippen molar-refractivity contribution in [2.75, 3.05) is 0 Å². The molecule has 5 rings (SSSR count). The number of carbonyl (C=O) groups excluding carboxylic acids is 1. The molecule has 2 aromatic heterocycles. The first-order valence-corrected chi connectivity index (χ1v) is 12.9. The van der Waals surface area contributed by atoms with Crippen molar-refractivity contribution in [1.82, 2.24) is 25.3 Å². The minimum Gasteiger partial charge on any atom is -0.404 e. The van der Waals surface area contributed by atoms with Crippen molar-refractivity contribution in [2.24, 2.45) is 10.7 Å². The lowest BCUT2D eigenvalue weighted by Crippen LogP contribution is -2.67. The molecule has 45 heavy (non-hydrogen) atoms. The highest BCUT2D eigenvalue weighted by atomic mass is 19.1. The Bertz CT molecular complexity index is 1820. The highest BCUT2D eigenvalue weighted by Crippen LogP contribution is 2.55. The number of carbonyl (C=O) groups is 1. The third-order valence-corrected chi connectivity index (χ3v) is 7.30. The maximum absolute atomic E-state index is 14.5. The van der Waals surface area contributed by atoms with Gasteiger partial charge in [0.05, 0.1) is 11.2 Å². The summed E-state index contributed by atoms with van der Waals surface area (Å²) >= 11 is 0. The molecule has 0 saturated heterocycles. The third kappa shape index (κ3) is 5.23. The predicted molar refractivity (Wildman–Crippen MR) is 151 cm³/mol. The summed E-state index contributed by atoms with van der Waals surface area (Å²) in [7, 11) is 5.50. The summed E-state index contributed by atoms with van der Waals surface area (Å²) in [6.07, 6.45) is 3.46. The van der Waals surface area contributed by atoms with Gasteiger partial charge in [0, 0.05) is 24.5 Å². The van der Waals surface area contributed by atoms with Gasteiger partial charge in [-0.3, -0.25) is 9.79 Å². The first kappa shape index (κ1) is 31.7. The molecule has 0 spiro atoms. The van der Waals surface area contributed by atoms with Crippen molar-refractivity contribution >= 4 is 42.4 Å². The molecular weight excluding hydrogens is 599 g/mol. The van der Waals surface area contributed by atoms with Crippen LogP contribution < -0.4 is 11.1 Å². The van der Waals surface area contributed by atoms with E-state index in [2.05, 4.69) is 30.2 Å². The summed E-state index contributed by atoms with van der Waals surface area (Å²) in [5, 5.41) is 74.0. The van der Waals surface area contributed by atoms with E-state index >= 15 is 0 Å². The average molecular weight is 623 g/mol. The summed E-state index contributed by atoms with van der Waals surface area (Å²) in [5.74, 6) is -17.3. The monoisotopic (exact) mass is 623 g/mol. The highest BCUT2D eigenvalue weighted by Gasteiger charge is 2.82. The Hall–Kier alpha value is -4.69. The average Bonchev–Trinajstić information content (AvgIpc) is 3.42. The summed E-state index contributed by atoms with van der Waals surface area (Å²) in [6.45, 7) is -0.236. The van der Waals surface area contributed by atoms with Gasteiger partial charge in [-0.05, 0) is 53.6 Å². The van der Waals surface area contributed by atoms with E-state index in [0.717, 1.165) is 12.4 Å². The lowest BCUT2D eigenvalue weighted by molar-refractivity contribution is -0.431. The summed E-state index contributed by atoms with van der Waals surface area (Å²) in [4.78, 5) is 31.3. The number of fused-ring (bicyclic) bond motifs is 1. The van der Waals surface area contributed by atoms with Crippen LogP contribution in [0.1, 0.15) is 33.4 Å². The van der Waals surface area contributed by atoms with Crippen LogP contribution in [0.3, 0.4) is 0 Å². The number of amides is 1. The SMILES string of the molecule is [B]C1(O)C(c2nc3ncnc(C(=O)NCc4cc(F)cc(C(C=Nc5ccc(F)cc5)=CN)c4)c3[nH]2)C(O)(O)C(O)(O)C1(O)O. The molecule has 1 amide bonds. The molecule has 11 N–H and O–H groups in total. The molecule has 2 heterocycles. The normalized spacial score (nSPS) is 22.2. The van der Waals surface area contributed by atoms with E-state index in [4.69, 9.17) is 13.6 Å². The van der Waals surface area contributed by atoms with Gasteiger partial charge in [-0.15, -0.1) is 0 Å². The van der Waals surface area contributed by atoms with Crippen LogP contribution in [0.2, 0.25) is 0 Å². The van der Waals surface area contributed by atoms with Gasteiger partial charge in [-0.1, -0.05) is 0 Å². The Kier molecular flexibility index (Phi) is 7.78. The molecule has 18 heteroatoms. The number of allylic oxidation sites excluding steroid dienone is 1. The van der Waals surface area contributed by atoms with Gasteiger partial charge < -0.3 is 51.8 Å². The molecule has 2 radical (unpaired) electrons. The number of aromatic nitrogens is 4. The predicted octanol–water partition coefficient (Wildman–Crippen LogP) is -1.74. The maximum atomic E-state index is 14.5. The van der Waals surface area contributed by atoms with Gasteiger partial charge >= 0.3 is 0 Å². The van der Waals surface area contributed by atoms with Gasteiger partial charge in [-0.2, -0.15) is 0 Å².